The Bertz CT molecular complexity index is 530. The van der Waals surface area contributed by atoms with Crippen LogP contribution in [0.5, 0.6) is 0 Å². The maximum atomic E-state index is 11.7. The van der Waals surface area contributed by atoms with E-state index in [9.17, 15) is 9.59 Å². The van der Waals surface area contributed by atoms with Crippen molar-refractivity contribution in [2.75, 3.05) is 5.43 Å². The first-order valence-corrected chi connectivity index (χ1v) is 5.73. The number of amides is 1. The van der Waals surface area contributed by atoms with Gasteiger partial charge in [0.25, 0.3) is 5.91 Å². The van der Waals surface area contributed by atoms with Crippen LogP contribution in [0.15, 0.2) is 23.3 Å². The summed E-state index contributed by atoms with van der Waals surface area (Å²) in [5.74, 6) is -1.11. The van der Waals surface area contributed by atoms with Crippen molar-refractivity contribution >= 4 is 17.7 Å². The van der Waals surface area contributed by atoms with Gasteiger partial charge in [-0.2, -0.15) is 0 Å². The van der Waals surface area contributed by atoms with Gasteiger partial charge in [0.1, 0.15) is 5.82 Å². The molecule has 0 aliphatic rings. The SMILES string of the molecule is CC(C(=O)O)=C(C)C(=O)NNc1cc(C)cc(C)n1. The summed E-state index contributed by atoms with van der Waals surface area (Å²) in [4.78, 5) is 26.6. The maximum Gasteiger partial charge on any atom is 0.331 e. The van der Waals surface area contributed by atoms with E-state index in [0.29, 0.717) is 5.82 Å². The average molecular weight is 263 g/mol. The van der Waals surface area contributed by atoms with Crippen molar-refractivity contribution in [1.82, 2.24) is 10.4 Å². The van der Waals surface area contributed by atoms with E-state index < -0.39 is 11.9 Å². The van der Waals surface area contributed by atoms with Gasteiger partial charge in [0, 0.05) is 16.8 Å². The van der Waals surface area contributed by atoms with Crippen LogP contribution in [0, 0.1) is 13.8 Å². The molecule has 0 aromatic carbocycles. The predicted octanol–water partition coefficient (Wildman–Crippen LogP) is 1.56. The highest BCUT2D eigenvalue weighted by molar-refractivity contribution is 6.01. The van der Waals surface area contributed by atoms with E-state index in [1.807, 2.05) is 19.9 Å². The normalized spacial score (nSPS) is 11.6. The largest absolute Gasteiger partial charge is 0.478 e. The van der Waals surface area contributed by atoms with Crippen molar-refractivity contribution in [3.05, 3.63) is 34.5 Å². The predicted molar refractivity (Wildman–Crippen MR) is 71.5 cm³/mol. The molecule has 1 aromatic heterocycles. The quantitative estimate of drug-likeness (QED) is 0.566. The third kappa shape index (κ3) is 4.09. The van der Waals surface area contributed by atoms with Gasteiger partial charge in [0.2, 0.25) is 0 Å². The lowest BCUT2D eigenvalue weighted by atomic mass is 10.1. The van der Waals surface area contributed by atoms with Crippen molar-refractivity contribution in [2.45, 2.75) is 27.7 Å². The first kappa shape index (κ1) is 14.7. The number of rotatable bonds is 4. The molecule has 0 radical (unpaired) electrons. The number of aromatic nitrogens is 1. The second-order valence-corrected chi connectivity index (χ2v) is 4.31. The van der Waals surface area contributed by atoms with Gasteiger partial charge in [-0.1, -0.05) is 0 Å². The molecule has 0 aliphatic heterocycles. The number of aliphatic carboxylic acids is 1. The molecule has 0 atom stereocenters. The molecule has 1 aromatic rings. The molecule has 0 saturated carbocycles. The zero-order valence-electron chi connectivity index (χ0n) is 11.4. The monoisotopic (exact) mass is 263 g/mol. The standard InChI is InChI=1S/C13H17N3O3/c1-7-5-8(2)14-11(6-7)15-16-12(17)9(3)10(4)13(18)19/h5-6H,1-4H3,(H,14,15)(H,16,17)(H,18,19). The molecule has 102 valence electrons. The summed E-state index contributed by atoms with van der Waals surface area (Å²) < 4.78 is 0. The van der Waals surface area contributed by atoms with E-state index >= 15 is 0 Å². The van der Waals surface area contributed by atoms with E-state index in [1.54, 1.807) is 6.07 Å². The van der Waals surface area contributed by atoms with Crippen molar-refractivity contribution < 1.29 is 14.7 Å². The molecule has 0 unspecified atom stereocenters. The van der Waals surface area contributed by atoms with E-state index in [4.69, 9.17) is 5.11 Å². The third-order valence-electron chi connectivity index (χ3n) is 2.63. The summed E-state index contributed by atoms with van der Waals surface area (Å²) in [7, 11) is 0. The molecule has 1 heterocycles. The van der Waals surface area contributed by atoms with Crippen LogP contribution in [0.2, 0.25) is 0 Å². The van der Waals surface area contributed by atoms with Crippen molar-refractivity contribution in [3.8, 4) is 0 Å². The minimum atomic E-state index is -1.11. The second kappa shape index (κ2) is 5.99. The lowest BCUT2D eigenvalue weighted by Crippen LogP contribution is -2.31. The first-order valence-electron chi connectivity index (χ1n) is 5.73. The number of hydrazine groups is 1. The molecule has 3 N–H and O–H groups in total. The molecule has 0 bridgehead atoms. The Balaban J connectivity index is 2.74. The number of carbonyl (C=O) groups is 2. The Morgan fingerprint density at radius 3 is 2.32 bits per heavy atom. The van der Waals surface area contributed by atoms with Gasteiger partial charge in [-0.15, -0.1) is 0 Å². The lowest BCUT2D eigenvalue weighted by molar-refractivity contribution is -0.133. The van der Waals surface area contributed by atoms with Crippen LogP contribution < -0.4 is 10.9 Å². The zero-order chi connectivity index (χ0) is 14.6. The maximum absolute atomic E-state index is 11.7. The van der Waals surface area contributed by atoms with E-state index in [0.717, 1.165) is 11.3 Å². The zero-order valence-corrected chi connectivity index (χ0v) is 11.4. The summed E-state index contributed by atoms with van der Waals surface area (Å²) in [5, 5.41) is 8.79. The summed E-state index contributed by atoms with van der Waals surface area (Å²) >= 11 is 0. The number of hydrogen-bond acceptors (Lipinski definition) is 4. The fraction of sp³-hybridized carbons (Fsp3) is 0.308. The Hall–Kier alpha value is -2.37. The Labute approximate surface area is 111 Å². The van der Waals surface area contributed by atoms with Gasteiger partial charge >= 0.3 is 5.97 Å². The van der Waals surface area contributed by atoms with Gasteiger partial charge in [0.15, 0.2) is 0 Å². The smallest absolute Gasteiger partial charge is 0.331 e. The molecule has 1 rings (SSSR count). The van der Waals surface area contributed by atoms with Crippen LogP contribution in [-0.2, 0) is 9.59 Å². The summed E-state index contributed by atoms with van der Waals surface area (Å²) in [6.07, 6.45) is 0. The van der Waals surface area contributed by atoms with E-state index in [2.05, 4.69) is 15.8 Å². The van der Waals surface area contributed by atoms with Gasteiger partial charge in [0.05, 0.1) is 0 Å². The summed E-state index contributed by atoms with van der Waals surface area (Å²) in [5.41, 5.74) is 7.07. The van der Waals surface area contributed by atoms with Gasteiger partial charge in [-0.3, -0.25) is 15.6 Å². The number of nitrogens with one attached hydrogen (secondary N) is 2. The van der Waals surface area contributed by atoms with Crippen LogP contribution >= 0.6 is 0 Å². The van der Waals surface area contributed by atoms with Gasteiger partial charge in [-0.25, -0.2) is 9.78 Å². The molecule has 0 spiro atoms. The summed E-state index contributed by atoms with van der Waals surface area (Å²) in [6.45, 7) is 6.60. The number of carbonyl (C=O) groups excluding carboxylic acids is 1. The van der Waals surface area contributed by atoms with E-state index in [-0.39, 0.29) is 11.1 Å². The summed E-state index contributed by atoms with van der Waals surface area (Å²) in [6, 6.07) is 3.68. The number of pyridine rings is 1. The minimum Gasteiger partial charge on any atom is -0.478 e. The molecule has 19 heavy (non-hydrogen) atoms. The third-order valence-corrected chi connectivity index (χ3v) is 2.63. The molecule has 0 aliphatic carbocycles. The molecular formula is C13H17N3O3. The first-order chi connectivity index (χ1) is 8.81. The highest BCUT2D eigenvalue weighted by Crippen LogP contribution is 2.08. The van der Waals surface area contributed by atoms with Crippen molar-refractivity contribution in [2.24, 2.45) is 0 Å². The molecule has 1 amide bonds. The lowest BCUT2D eigenvalue weighted by Gasteiger charge is -2.10. The second-order valence-electron chi connectivity index (χ2n) is 4.31. The Kier molecular flexibility index (Phi) is 4.63. The number of hydrogen-bond donors (Lipinski definition) is 3. The molecule has 0 fully saturated rings. The average Bonchev–Trinajstić information content (AvgIpc) is 2.32. The number of carboxylic acid groups (broad SMARTS) is 1. The Morgan fingerprint density at radius 1 is 1.16 bits per heavy atom. The van der Waals surface area contributed by atoms with Crippen LogP contribution in [0.25, 0.3) is 0 Å². The van der Waals surface area contributed by atoms with Crippen LogP contribution in [0.4, 0.5) is 5.82 Å². The van der Waals surface area contributed by atoms with Crippen molar-refractivity contribution in [3.63, 3.8) is 0 Å². The van der Waals surface area contributed by atoms with Gasteiger partial charge in [-0.05, 0) is 45.4 Å². The van der Waals surface area contributed by atoms with Crippen molar-refractivity contribution in [1.29, 1.82) is 0 Å². The van der Waals surface area contributed by atoms with Crippen LogP contribution in [-0.4, -0.2) is 22.0 Å². The molecule has 6 nitrogen and oxygen atoms in total. The van der Waals surface area contributed by atoms with Gasteiger partial charge < -0.3 is 5.11 Å². The van der Waals surface area contributed by atoms with Crippen LogP contribution in [0.3, 0.4) is 0 Å². The highest BCUT2D eigenvalue weighted by atomic mass is 16.4. The Morgan fingerprint density at radius 2 is 1.79 bits per heavy atom. The number of anilines is 1. The highest BCUT2D eigenvalue weighted by Gasteiger charge is 2.12. The molecule has 6 heteroatoms. The number of nitrogens with zero attached hydrogens (tertiary/aromatic N) is 1. The topological polar surface area (TPSA) is 91.3 Å². The minimum absolute atomic E-state index is 0.00711. The fourth-order valence-corrected chi connectivity index (χ4v) is 1.45. The number of aryl methyl sites for hydroxylation is 2. The molecular weight excluding hydrogens is 246 g/mol. The van der Waals surface area contributed by atoms with E-state index in [1.165, 1.54) is 13.8 Å². The number of carboxylic acids is 1. The van der Waals surface area contributed by atoms with Crippen LogP contribution in [0.1, 0.15) is 25.1 Å². The fourth-order valence-electron chi connectivity index (χ4n) is 1.45. The molecule has 0 saturated heterocycles.